The molecule has 3 aromatic rings. The number of fused-ring (bicyclic) bond motifs is 3. The van der Waals surface area contributed by atoms with Crippen molar-refractivity contribution in [2.24, 2.45) is 0 Å². The number of carbonyl (C=O) groups is 1. The van der Waals surface area contributed by atoms with Crippen LogP contribution in [0.4, 0.5) is 5.69 Å². The lowest BCUT2D eigenvalue weighted by Gasteiger charge is -2.12. The van der Waals surface area contributed by atoms with Gasteiger partial charge in [0.05, 0.1) is 5.75 Å². The third-order valence-electron chi connectivity index (χ3n) is 4.88. The summed E-state index contributed by atoms with van der Waals surface area (Å²) in [5.41, 5.74) is 0.494. The quantitative estimate of drug-likeness (QED) is 0.422. The van der Waals surface area contributed by atoms with E-state index >= 15 is 0 Å². The first-order valence-corrected chi connectivity index (χ1v) is 11.3. The van der Waals surface area contributed by atoms with E-state index in [1.807, 2.05) is 6.92 Å². The maximum atomic E-state index is 12.5. The number of aryl methyl sites for hydroxylation is 4. The number of carbonyl (C=O) groups excluding carboxylic acids is 1. The number of nitrogens with one attached hydrogen (secondary N) is 3. The molecule has 1 aliphatic carbocycles. The molecule has 0 unspecified atom stereocenters. The molecule has 152 valence electrons. The van der Waals surface area contributed by atoms with Gasteiger partial charge in [0.1, 0.15) is 21.4 Å². The van der Waals surface area contributed by atoms with Crippen LogP contribution in [0.1, 0.15) is 41.7 Å². The maximum Gasteiger partial charge on any atom is 0.326 e. The molecule has 4 rings (SSSR count). The Kier molecular flexibility index (Phi) is 5.55. The summed E-state index contributed by atoms with van der Waals surface area (Å²) < 4.78 is 0. The number of hydrogen-bond donors (Lipinski definition) is 3. The molecular weight excluding hydrogens is 410 g/mol. The molecule has 1 aliphatic rings. The second kappa shape index (κ2) is 8.11. The summed E-state index contributed by atoms with van der Waals surface area (Å²) in [7, 11) is 0. The lowest BCUT2D eigenvalue weighted by molar-refractivity contribution is -0.113. The largest absolute Gasteiger partial charge is 0.326 e. The highest BCUT2D eigenvalue weighted by Gasteiger charge is 2.22. The number of rotatable bonds is 5. The summed E-state index contributed by atoms with van der Waals surface area (Å²) in [4.78, 5) is 52.1. The number of thiophene rings is 1. The summed E-state index contributed by atoms with van der Waals surface area (Å²) in [5, 5.41) is 4.50. The normalized spacial score (nSPS) is 13.4. The van der Waals surface area contributed by atoms with Gasteiger partial charge in [0.2, 0.25) is 5.91 Å². The number of H-pyrrole nitrogens is 2. The first kappa shape index (κ1) is 19.8. The summed E-state index contributed by atoms with van der Waals surface area (Å²) >= 11 is 3.10. The second-order valence-corrected chi connectivity index (χ2v) is 8.98. The van der Waals surface area contributed by atoms with Crippen molar-refractivity contribution in [2.45, 2.75) is 51.0 Å². The average molecular weight is 432 g/mol. The second-order valence-electron chi connectivity index (χ2n) is 6.93. The lowest BCUT2D eigenvalue weighted by Crippen LogP contribution is -2.29. The molecule has 0 aromatic carbocycles. The van der Waals surface area contributed by atoms with Crippen molar-refractivity contribution in [2.75, 3.05) is 11.1 Å². The number of nitrogens with zero attached hydrogens (tertiary/aromatic N) is 2. The highest BCUT2D eigenvalue weighted by Crippen LogP contribution is 2.39. The van der Waals surface area contributed by atoms with Gasteiger partial charge in [-0.1, -0.05) is 18.7 Å². The fourth-order valence-corrected chi connectivity index (χ4v) is 5.71. The highest BCUT2D eigenvalue weighted by atomic mass is 32.2. The molecule has 0 aliphatic heterocycles. The van der Waals surface area contributed by atoms with Crippen molar-refractivity contribution in [1.29, 1.82) is 0 Å². The Labute approximate surface area is 174 Å². The number of aromatic nitrogens is 4. The zero-order chi connectivity index (χ0) is 20.5. The van der Waals surface area contributed by atoms with Gasteiger partial charge in [-0.15, -0.1) is 11.3 Å². The Bertz CT molecular complexity index is 1210. The van der Waals surface area contributed by atoms with Gasteiger partial charge in [-0.25, -0.2) is 14.8 Å². The number of aromatic amines is 2. The van der Waals surface area contributed by atoms with Gasteiger partial charge < -0.3 is 10.3 Å². The van der Waals surface area contributed by atoms with Crippen molar-refractivity contribution in [3.05, 3.63) is 42.8 Å². The van der Waals surface area contributed by atoms with Crippen molar-refractivity contribution >= 4 is 44.9 Å². The van der Waals surface area contributed by atoms with Crippen LogP contribution in [0.25, 0.3) is 10.2 Å². The molecule has 10 heteroatoms. The van der Waals surface area contributed by atoms with Crippen molar-refractivity contribution < 1.29 is 4.79 Å². The molecule has 0 saturated carbocycles. The minimum Gasteiger partial charge on any atom is -0.319 e. The van der Waals surface area contributed by atoms with Crippen molar-refractivity contribution in [3.8, 4) is 0 Å². The monoisotopic (exact) mass is 431 g/mol. The van der Waals surface area contributed by atoms with E-state index in [0.717, 1.165) is 46.8 Å². The smallest absolute Gasteiger partial charge is 0.319 e. The molecule has 0 radical (unpaired) electrons. The third-order valence-corrected chi connectivity index (χ3v) is 7.04. The number of anilines is 1. The molecule has 0 bridgehead atoms. The van der Waals surface area contributed by atoms with Crippen molar-refractivity contribution in [1.82, 2.24) is 19.9 Å². The molecule has 0 fully saturated rings. The molecule has 3 heterocycles. The maximum absolute atomic E-state index is 12.5. The van der Waals surface area contributed by atoms with Crippen LogP contribution in [0.5, 0.6) is 0 Å². The zero-order valence-electron chi connectivity index (χ0n) is 16.2. The SMILES string of the molecule is CCc1nc(SCC(=O)Nc2c(C)[nH]c(=O)[nH]c2=O)c2c3c(sc2n1)CCCC3. The van der Waals surface area contributed by atoms with Crippen molar-refractivity contribution in [3.63, 3.8) is 0 Å². The number of amides is 1. The van der Waals surface area contributed by atoms with Gasteiger partial charge in [-0.3, -0.25) is 14.6 Å². The number of hydrogen-bond acceptors (Lipinski definition) is 7. The Hall–Kier alpha value is -2.46. The van der Waals surface area contributed by atoms with Crippen LogP contribution in [-0.4, -0.2) is 31.6 Å². The van der Waals surface area contributed by atoms with Gasteiger partial charge in [-0.2, -0.15) is 0 Å². The molecular formula is C19H21N5O3S2. The summed E-state index contributed by atoms with van der Waals surface area (Å²) in [5.74, 6) is 0.550. The van der Waals surface area contributed by atoms with E-state index in [1.54, 1.807) is 18.3 Å². The molecule has 3 N–H and O–H groups in total. The minimum absolute atomic E-state index is 0.0604. The van der Waals surface area contributed by atoms with Gasteiger partial charge in [0.25, 0.3) is 5.56 Å². The fraction of sp³-hybridized carbons (Fsp3) is 0.421. The molecule has 8 nitrogen and oxygen atoms in total. The summed E-state index contributed by atoms with van der Waals surface area (Å²) in [6, 6.07) is 0. The van der Waals surface area contributed by atoms with E-state index < -0.39 is 11.2 Å². The van der Waals surface area contributed by atoms with E-state index in [4.69, 9.17) is 4.98 Å². The van der Waals surface area contributed by atoms with Gasteiger partial charge >= 0.3 is 5.69 Å². The minimum atomic E-state index is -0.616. The Balaban J connectivity index is 1.59. The molecule has 0 atom stereocenters. The Morgan fingerprint density at radius 2 is 2.00 bits per heavy atom. The standard InChI is InChI=1S/C19H21N5O3S2/c1-3-12-21-17(14-10-6-4-5-7-11(10)29-18(14)22-12)28-8-13(25)23-15-9(2)20-19(27)24-16(15)26/h3-8H2,1-2H3,(H,23,25)(H2,20,24,26,27). The van der Waals surface area contributed by atoms with E-state index in [1.165, 1.54) is 28.6 Å². The van der Waals surface area contributed by atoms with Gasteiger partial charge in [0, 0.05) is 22.4 Å². The summed E-state index contributed by atoms with van der Waals surface area (Å²) in [6.07, 6.45) is 5.19. The first-order chi connectivity index (χ1) is 14.0. The Morgan fingerprint density at radius 3 is 2.76 bits per heavy atom. The average Bonchev–Trinajstić information content (AvgIpc) is 3.07. The topological polar surface area (TPSA) is 121 Å². The molecule has 29 heavy (non-hydrogen) atoms. The van der Waals surface area contributed by atoms with Crippen LogP contribution >= 0.6 is 23.1 Å². The number of thioether (sulfide) groups is 1. The lowest BCUT2D eigenvalue weighted by atomic mass is 9.97. The van der Waals surface area contributed by atoms with Crippen LogP contribution in [0.3, 0.4) is 0 Å². The summed E-state index contributed by atoms with van der Waals surface area (Å²) in [6.45, 7) is 3.58. The predicted octanol–water partition coefficient (Wildman–Crippen LogP) is 2.55. The molecule has 1 amide bonds. The van der Waals surface area contributed by atoms with Gasteiger partial charge in [0.15, 0.2) is 0 Å². The van der Waals surface area contributed by atoms with E-state index in [2.05, 4.69) is 20.3 Å². The van der Waals surface area contributed by atoms with Crippen LogP contribution in [0.2, 0.25) is 0 Å². The first-order valence-electron chi connectivity index (χ1n) is 9.53. The molecule has 0 saturated heterocycles. The third kappa shape index (κ3) is 3.99. The van der Waals surface area contributed by atoms with Crippen LogP contribution < -0.4 is 16.6 Å². The van der Waals surface area contributed by atoms with Crippen LogP contribution in [0, 0.1) is 6.92 Å². The van der Waals surface area contributed by atoms with E-state index in [0.29, 0.717) is 5.69 Å². The molecule has 0 spiro atoms. The van der Waals surface area contributed by atoms with E-state index in [-0.39, 0.29) is 17.3 Å². The predicted molar refractivity (Wildman–Crippen MR) is 115 cm³/mol. The van der Waals surface area contributed by atoms with Gasteiger partial charge in [-0.05, 0) is 38.2 Å². The highest BCUT2D eigenvalue weighted by molar-refractivity contribution is 8.00. The van der Waals surface area contributed by atoms with E-state index in [9.17, 15) is 14.4 Å². The molecule has 3 aromatic heterocycles. The van der Waals surface area contributed by atoms with Crippen LogP contribution in [-0.2, 0) is 24.1 Å². The zero-order valence-corrected chi connectivity index (χ0v) is 17.8. The van der Waals surface area contributed by atoms with Crippen LogP contribution in [0.15, 0.2) is 14.6 Å². The Morgan fingerprint density at radius 1 is 1.21 bits per heavy atom. The fourth-order valence-electron chi connectivity index (χ4n) is 3.49.